The van der Waals surface area contributed by atoms with Gasteiger partial charge >= 0.3 is 0 Å². The molecule has 0 atom stereocenters. The monoisotopic (exact) mass is 369 g/mol. The minimum absolute atomic E-state index is 0.140. The first kappa shape index (κ1) is 24.4. The van der Waals surface area contributed by atoms with Crippen LogP contribution >= 0.6 is 0 Å². The lowest BCUT2D eigenvalue weighted by atomic mass is 10.0. The summed E-state index contributed by atoms with van der Waals surface area (Å²) >= 11 is 0. The number of nitriles is 2. The molecule has 0 aromatic rings. The number of nitrogens with two attached hydrogens (primary N) is 1. The fourth-order valence-electron chi connectivity index (χ4n) is 2.50. The van der Waals surface area contributed by atoms with Crippen molar-refractivity contribution in [1.29, 1.82) is 10.5 Å². The highest BCUT2D eigenvalue weighted by molar-refractivity contribution is 5.48. The van der Waals surface area contributed by atoms with Gasteiger partial charge in [-0.2, -0.15) is 10.5 Å². The number of hydrogen-bond donors (Lipinski definition) is 1. The van der Waals surface area contributed by atoms with Gasteiger partial charge in [-0.15, -0.1) is 0 Å². The second-order valence-corrected chi connectivity index (χ2v) is 5.65. The first-order chi connectivity index (χ1) is 13.1. The van der Waals surface area contributed by atoms with Crippen LogP contribution in [-0.4, -0.2) is 31.2 Å². The normalized spacial score (nSPS) is 13.6. The maximum atomic E-state index is 9.18. The van der Waals surface area contributed by atoms with Gasteiger partial charge in [-0.25, -0.2) is 0 Å². The third kappa shape index (κ3) is 9.61. The number of hydrogen-bond acceptors (Lipinski definition) is 4. The van der Waals surface area contributed by atoms with E-state index in [1.807, 2.05) is 77.3 Å². The van der Waals surface area contributed by atoms with E-state index < -0.39 is 0 Å². The fraction of sp³-hybridized carbons (Fsp3) is 0.455. The smallest absolute Gasteiger partial charge is 0.103 e. The first-order valence-corrected chi connectivity index (χ1v) is 9.47. The maximum absolute atomic E-state index is 9.18. The van der Waals surface area contributed by atoms with E-state index in [2.05, 4.69) is 16.3 Å². The van der Waals surface area contributed by atoms with Crippen molar-refractivity contribution in [3.05, 3.63) is 59.1 Å². The zero-order valence-electron chi connectivity index (χ0n) is 17.3. The molecule has 2 N–H and O–H groups in total. The number of allylic oxidation sites excluding steroid dienone is 9. The van der Waals surface area contributed by atoms with Gasteiger partial charge in [-0.3, -0.25) is 0 Å². The predicted molar refractivity (Wildman–Crippen MR) is 110 cm³/mol. The zero-order chi connectivity index (χ0) is 20.5. The molecule has 0 saturated carbocycles. The second kappa shape index (κ2) is 15.6. The van der Waals surface area contributed by atoms with Crippen molar-refractivity contribution in [1.82, 2.24) is 4.90 Å². The van der Waals surface area contributed by atoms with Gasteiger partial charge in [-0.05, 0) is 44.6 Å². The van der Waals surface area contributed by atoms with Crippen LogP contribution in [0.1, 0.15) is 41.0 Å². The molecule has 27 heavy (non-hydrogen) atoms. The zero-order valence-corrected chi connectivity index (χ0v) is 17.3. The largest absolute Gasteiger partial charge is 0.374 e. The van der Waals surface area contributed by atoms with E-state index in [9.17, 15) is 5.26 Å². The van der Waals surface area contributed by atoms with Crippen molar-refractivity contribution >= 4 is 0 Å². The molecule has 146 valence electrons. The summed E-state index contributed by atoms with van der Waals surface area (Å²) in [5.74, 6) is 0. The van der Waals surface area contributed by atoms with E-state index in [4.69, 9.17) is 10.00 Å². The van der Waals surface area contributed by atoms with Crippen molar-refractivity contribution < 1.29 is 10.1 Å². The van der Waals surface area contributed by atoms with Gasteiger partial charge in [0, 0.05) is 17.9 Å². The van der Waals surface area contributed by atoms with Crippen LogP contribution in [0.2, 0.25) is 0 Å². The summed E-state index contributed by atoms with van der Waals surface area (Å²) in [7, 11) is 0. The lowest BCUT2D eigenvalue weighted by Crippen LogP contribution is -2.79. The molecule has 0 aromatic carbocycles. The van der Waals surface area contributed by atoms with Crippen LogP contribution in [0.15, 0.2) is 59.1 Å². The summed E-state index contributed by atoms with van der Waals surface area (Å²) in [6.45, 7) is 13.0. The van der Waals surface area contributed by atoms with E-state index in [1.165, 1.54) is 0 Å². The summed E-state index contributed by atoms with van der Waals surface area (Å²) in [4.78, 5) is 2.17. The van der Waals surface area contributed by atoms with E-state index in [0.717, 1.165) is 30.1 Å². The number of nitrogens with zero attached hydrogens (tertiary/aromatic N) is 3. The molecular formula is C22H33N4O+. The van der Waals surface area contributed by atoms with E-state index in [-0.39, 0.29) is 6.42 Å². The molecular weight excluding hydrogens is 336 g/mol. The van der Waals surface area contributed by atoms with Gasteiger partial charge in [0.25, 0.3) is 0 Å². The molecule has 1 aliphatic heterocycles. The van der Waals surface area contributed by atoms with Crippen molar-refractivity contribution in [2.45, 2.75) is 41.0 Å². The van der Waals surface area contributed by atoms with Crippen LogP contribution in [0.5, 0.6) is 0 Å². The van der Waals surface area contributed by atoms with E-state index >= 15 is 0 Å². The average Bonchev–Trinajstić information content (AvgIpc) is 2.68. The maximum Gasteiger partial charge on any atom is 0.103 e. The third-order valence-electron chi connectivity index (χ3n) is 3.76. The Morgan fingerprint density at radius 1 is 1.15 bits per heavy atom. The molecule has 0 unspecified atom stereocenters. The molecule has 0 amide bonds. The Bertz CT molecular complexity index is 647. The lowest BCUT2D eigenvalue weighted by Gasteiger charge is -2.29. The third-order valence-corrected chi connectivity index (χ3v) is 3.76. The molecule has 0 spiro atoms. The van der Waals surface area contributed by atoms with Gasteiger partial charge in [-0.1, -0.05) is 26.0 Å². The highest BCUT2D eigenvalue weighted by Gasteiger charge is 2.15. The van der Waals surface area contributed by atoms with E-state index in [0.29, 0.717) is 18.8 Å². The molecule has 0 fully saturated rings. The predicted octanol–water partition coefficient (Wildman–Crippen LogP) is 3.54. The van der Waals surface area contributed by atoms with Gasteiger partial charge < -0.3 is 15.0 Å². The molecule has 1 heterocycles. The molecule has 5 nitrogen and oxygen atoms in total. The molecule has 0 saturated heterocycles. The minimum atomic E-state index is 0.140. The van der Waals surface area contributed by atoms with Crippen molar-refractivity contribution in [2.75, 3.05) is 26.3 Å². The topological polar surface area (TPSA) is 76.7 Å². The van der Waals surface area contributed by atoms with Gasteiger partial charge in [0.1, 0.15) is 6.54 Å². The summed E-state index contributed by atoms with van der Waals surface area (Å²) < 4.78 is 5.69. The van der Waals surface area contributed by atoms with Crippen molar-refractivity contribution in [3.63, 3.8) is 0 Å². The number of rotatable bonds is 9. The van der Waals surface area contributed by atoms with Crippen LogP contribution < -0.4 is 5.32 Å². The standard InChI is InChI=1S/C20H26N4O.C2H6/c1-4-5-6-9-23-10-12-25-13-11-24-17(2)14-20(15-18(24)3)19(16-22)7-8-21;1-2/h4-6,9,14-15,23H,7,10-13H2,1-3H3;1-2H3/p+1/b5-4-,9-6-;. The Morgan fingerprint density at radius 2 is 1.81 bits per heavy atom. The van der Waals surface area contributed by atoms with Gasteiger partial charge in [0.2, 0.25) is 0 Å². The number of ether oxygens (including phenoxy) is 1. The Balaban J connectivity index is 0.00000326. The fourth-order valence-corrected chi connectivity index (χ4v) is 2.50. The molecule has 5 heteroatoms. The Kier molecular flexibility index (Phi) is 14.1. The quantitative estimate of drug-likeness (QED) is 0.383. The summed E-state index contributed by atoms with van der Waals surface area (Å²) in [5.41, 5.74) is 3.47. The Morgan fingerprint density at radius 3 is 2.37 bits per heavy atom. The van der Waals surface area contributed by atoms with Crippen LogP contribution in [0, 0.1) is 22.7 Å². The molecule has 0 aromatic heterocycles. The summed E-state index contributed by atoms with van der Waals surface area (Å²) in [5, 5.41) is 20.1. The molecule has 0 radical (unpaired) electrons. The summed E-state index contributed by atoms with van der Waals surface area (Å²) in [6, 6.07) is 4.17. The molecule has 1 aliphatic rings. The van der Waals surface area contributed by atoms with Crippen molar-refractivity contribution in [2.24, 2.45) is 0 Å². The van der Waals surface area contributed by atoms with Crippen LogP contribution in [0.4, 0.5) is 0 Å². The van der Waals surface area contributed by atoms with Crippen LogP contribution in [0.3, 0.4) is 0 Å². The van der Waals surface area contributed by atoms with Crippen molar-refractivity contribution in [3.8, 4) is 12.1 Å². The minimum Gasteiger partial charge on any atom is -0.374 e. The Labute approximate surface area is 164 Å². The number of quaternary nitrogens is 1. The highest BCUT2D eigenvalue weighted by Crippen LogP contribution is 2.25. The van der Waals surface area contributed by atoms with Crippen LogP contribution in [-0.2, 0) is 4.74 Å². The van der Waals surface area contributed by atoms with Gasteiger partial charge in [0.15, 0.2) is 0 Å². The Hall–Kier alpha value is -2.60. The molecule has 1 rings (SSSR count). The highest BCUT2D eigenvalue weighted by atomic mass is 16.5. The second-order valence-electron chi connectivity index (χ2n) is 5.65. The lowest BCUT2D eigenvalue weighted by molar-refractivity contribution is -0.589. The first-order valence-electron chi connectivity index (χ1n) is 9.47. The SMILES string of the molecule is C/C=C\C=C/[NH2+]CCOCCN1C(C)=CC(=C(C#N)CC#N)C=C1C.CC. The molecule has 0 aliphatic carbocycles. The van der Waals surface area contributed by atoms with Gasteiger partial charge in [0.05, 0.1) is 43.5 Å². The average molecular weight is 370 g/mol. The summed E-state index contributed by atoms with van der Waals surface area (Å²) in [6.07, 6.45) is 12.1. The molecule has 0 bridgehead atoms. The van der Waals surface area contributed by atoms with Crippen LogP contribution in [0.25, 0.3) is 0 Å². The van der Waals surface area contributed by atoms with E-state index in [1.54, 1.807) is 0 Å².